The molecule has 5 rings (SSSR count). The summed E-state index contributed by atoms with van der Waals surface area (Å²) < 4.78 is 6.21. The zero-order valence-corrected chi connectivity index (χ0v) is 17.8. The first-order valence-electron chi connectivity index (χ1n) is 9.88. The molecule has 0 bridgehead atoms. The Morgan fingerprint density at radius 1 is 1.03 bits per heavy atom. The molecule has 1 saturated heterocycles. The van der Waals surface area contributed by atoms with E-state index >= 15 is 0 Å². The van der Waals surface area contributed by atoms with Crippen LogP contribution in [0.15, 0.2) is 68.3 Å². The summed E-state index contributed by atoms with van der Waals surface area (Å²) in [5.41, 5.74) is 2.79. The molecule has 2 aromatic heterocycles. The molecule has 7 heteroatoms. The Balaban J connectivity index is 1.29. The monoisotopic (exact) mass is 465 g/mol. The number of amides is 1. The summed E-state index contributed by atoms with van der Waals surface area (Å²) in [6.07, 6.45) is 0. The van der Waals surface area contributed by atoms with Crippen molar-refractivity contribution >= 4 is 43.7 Å². The molecule has 0 spiro atoms. The Morgan fingerprint density at radius 3 is 2.63 bits per heavy atom. The molecule has 6 nitrogen and oxygen atoms in total. The summed E-state index contributed by atoms with van der Waals surface area (Å²) in [6.45, 7) is 3.46. The van der Waals surface area contributed by atoms with Gasteiger partial charge in [-0.1, -0.05) is 34.1 Å². The first-order valence-corrected chi connectivity index (χ1v) is 10.7. The summed E-state index contributed by atoms with van der Waals surface area (Å²) in [4.78, 5) is 32.3. The van der Waals surface area contributed by atoms with E-state index in [1.54, 1.807) is 6.07 Å². The number of H-pyrrole nitrogens is 1. The molecule has 1 N–H and O–H groups in total. The van der Waals surface area contributed by atoms with E-state index in [9.17, 15) is 9.59 Å². The third kappa shape index (κ3) is 3.66. The highest BCUT2D eigenvalue weighted by Gasteiger charge is 2.24. The van der Waals surface area contributed by atoms with Crippen LogP contribution in [0.1, 0.15) is 16.1 Å². The Morgan fingerprint density at radius 2 is 1.83 bits per heavy atom. The van der Waals surface area contributed by atoms with E-state index in [2.05, 4.69) is 25.8 Å². The maximum absolute atomic E-state index is 12.9. The van der Waals surface area contributed by atoms with Gasteiger partial charge >= 0.3 is 5.63 Å². The smallest absolute Gasteiger partial charge is 0.336 e. The predicted molar refractivity (Wildman–Crippen MR) is 120 cm³/mol. The lowest BCUT2D eigenvalue weighted by molar-refractivity contribution is 0.0624. The zero-order chi connectivity index (χ0) is 20.7. The van der Waals surface area contributed by atoms with Gasteiger partial charge in [-0.3, -0.25) is 9.69 Å². The Bertz CT molecular complexity index is 1270. The molecule has 0 aliphatic carbocycles. The van der Waals surface area contributed by atoms with Crippen LogP contribution in [0.3, 0.4) is 0 Å². The van der Waals surface area contributed by atoms with Gasteiger partial charge in [0, 0.05) is 59.6 Å². The lowest BCUT2D eigenvalue weighted by atomic mass is 10.1. The molecule has 4 aromatic rings. The summed E-state index contributed by atoms with van der Waals surface area (Å²) in [5.74, 6) is 0.0292. The molecule has 2 aromatic carbocycles. The average molecular weight is 466 g/mol. The molecule has 0 unspecified atom stereocenters. The topological polar surface area (TPSA) is 69.6 Å². The molecule has 1 aliphatic heterocycles. The van der Waals surface area contributed by atoms with Gasteiger partial charge in [0.1, 0.15) is 11.3 Å². The summed E-state index contributed by atoms with van der Waals surface area (Å²) >= 11 is 3.42. The van der Waals surface area contributed by atoms with Crippen LogP contribution < -0.4 is 5.63 Å². The van der Waals surface area contributed by atoms with E-state index in [-0.39, 0.29) is 11.5 Å². The van der Waals surface area contributed by atoms with Gasteiger partial charge in [0.25, 0.3) is 5.91 Å². The number of nitrogens with one attached hydrogen (secondary N) is 1. The van der Waals surface area contributed by atoms with Crippen molar-refractivity contribution in [1.82, 2.24) is 14.8 Å². The molecule has 0 radical (unpaired) electrons. The van der Waals surface area contributed by atoms with Gasteiger partial charge in [0.2, 0.25) is 0 Å². The molecular formula is C23H20BrN3O3. The van der Waals surface area contributed by atoms with Crippen molar-refractivity contribution in [3.63, 3.8) is 0 Å². The van der Waals surface area contributed by atoms with Gasteiger partial charge in [0.05, 0.1) is 0 Å². The first-order chi connectivity index (χ1) is 14.6. The quantitative estimate of drug-likeness (QED) is 0.464. The second-order valence-corrected chi connectivity index (χ2v) is 8.49. The zero-order valence-electron chi connectivity index (χ0n) is 16.2. The highest BCUT2D eigenvalue weighted by atomic mass is 79.9. The number of fused-ring (bicyclic) bond motifs is 2. The predicted octanol–water partition coefficient (Wildman–Crippen LogP) is 3.99. The summed E-state index contributed by atoms with van der Waals surface area (Å²) in [7, 11) is 0. The maximum Gasteiger partial charge on any atom is 0.336 e. The molecule has 30 heavy (non-hydrogen) atoms. The van der Waals surface area contributed by atoms with Crippen LogP contribution in [0.5, 0.6) is 0 Å². The van der Waals surface area contributed by atoms with E-state index in [1.807, 2.05) is 53.4 Å². The Labute approximate surface area is 181 Å². The second-order valence-electron chi connectivity index (χ2n) is 7.57. The average Bonchev–Trinajstić information content (AvgIpc) is 3.17. The lowest BCUT2D eigenvalue weighted by Gasteiger charge is -2.34. The van der Waals surface area contributed by atoms with Crippen LogP contribution in [-0.4, -0.2) is 46.9 Å². The summed E-state index contributed by atoms with van der Waals surface area (Å²) in [6, 6.07) is 17.1. The molecule has 0 saturated carbocycles. The number of halogens is 1. The van der Waals surface area contributed by atoms with Crippen molar-refractivity contribution in [3.05, 3.63) is 80.7 Å². The fourth-order valence-electron chi connectivity index (χ4n) is 4.04. The minimum Gasteiger partial charge on any atom is -0.423 e. The van der Waals surface area contributed by atoms with E-state index in [0.717, 1.165) is 39.4 Å². The van der Waals surface area contributed by atoms with Gasteiger partial charge < -0.3 is 14.3 Å². The minimum absolute atomic E-state index is 0.0292. The summed E-state index contributed by atoms with van der Waals surface area (Å²) in [5, 5.41) is 1.98. The Hall–Kier alpha value is -2.90. The van der Waals surface area contributed by atoms with Gasteiger partial charge in [0.15, 0.2) is 0 Å². The highest BCUT2D eigenvalue weighted by Crippen LogP contribution is 2.23. The number of carbonyl (C=O) groups is 1. The first kappa shape index (κ1) is 19.1. The van der Waals surface area contributed by atoms with Crippen LogP contribution in [0, 0.1) is 0 Å². The van der Waals surface area contributed by atoms with Gasteiger partial charge in [-0.05, 0) is 35.9 Å². The van der Waals surface area contributed by atoms with E-state index in [0.29, 0.717) is 30.9 Å². The number of nitrogens with zero attached hydrogens (tertiary/aromatic N) is 2. The number of hydrogen-bond donors (Lipinski definition) is 1. The molecule has 0 atom stereocenters. The molecule has 3 heterocycles. The van der Waals surface area contributed by atoms with Crippen LogP contribution in [-0.2, 0) is 6.54 Å². The molecule has 1 aliphatic rings. The SMILES string of the molecule is O=C(c1cc2ccccc2[nH]1)N1CCN(Cc2cc(=O)oc3cc(Br)ccc23)CC1. The van der Waals surface area contributed by atoms with Crippen LogP contribution in [0.4, 0.5) is 0 Å². The molecule has 1 amide bonds. The minimum atomic E-state index is -0.344. The van der Waals surface area contributed by atoms with Crippen molar-refractivity contribution in [2.75, 3.05) is 26.2 Å². The highest BCUT2D eigenvalue weighted by molar-refractivity contribution is 9.10. The third-order valence-corrected chi connectivity index (χ3v) is 6.10. The number of carbonyl (C=O) groups excluding carboxylic acids is 1. The van der Waals surface area contributed by atoms with Crippen molar-refractivity contribution in [3.8, 4) is 0 Å². The number of benzene rings is 2. The number of rotatable bonds is 3. The fraction of sp³-hybridized carbons (Fsp3) is 0.217. The van der Waals surface area contributed by atoms with Crippen molar-refractivity contribution in [2.45, 2.75) is 6.54 Å². The molecular weight excluding hydrogens is 446 g/mol. The van der Waals surface area contributed by atoms with E-state index in [4.69, 9.17) is 4.42 Å². The van der Waals surface area contributed by atoms with E-state index in [1.165, 1.54) is 0 Å². The fourth-order valence-corrected chi connectivity index (χ4v) is 4.38. The van der Waals surface area contributed by atoms with Crippen LogP contribution in [0.25, 0.3) is 21.9 Å². The van der Waals surface area contributed by atoms with Crippen molar-refractivity contribution < 1.29 is 9.21 Å². The van der Waals surface area contributed by atoms with Gasteiger partial charge in [-0.15, -0.1) is 0 Å². The van der Waals surface area contributed by atoms with Gasteiger partial charge in [-0.25, -0.2) is 4.79 Å². The number of aromatic amines is 1. The second kappa shape index (κ2) is 7.74. The third-order valence-electron chi connectivity index (χ3n) is 5.61. The number of hydrogen-bond acceptors (Lipinski definition) is 4. The lowest BCUT2D eigenvalue weighted by Crippen LogP contribution is -2.48. The van der Waals surface area contributed by atoms with Crippen LogP contribution in [0.2, 0.25) is 0 Å². The maximum atomic E-state index is 12.9. The molecule has 152 valence electrons. The van der Waals surface area contributed by atoms with Crippen molar-refractivity contribution in [2.24, 2.45) is 0 Å². The number of piperazine rings is 1. The number of aromatic nitrogens is 1. The molecule has 1 fully saturated rings. The normalized spacial score (nSPS) is 15.2. The van der Waals surface area contributed by atoms with Crippen LogP contribution >= 0.6 is 15.9 Å². The van der Waals surface area contributed by atoms with E-state index < -0.39 is 0 Å². The van der Waals surface area contributed by atoms with Gasteiger partial charge in [-0.2, -0.15) is 0 Å². The largest absolute Gasteiger partial charge is 0.423 e. The Kier molecular flexibility index (Phi) is 4.92. The standard InChI is InChI=1S/C23H20BrN3O3/c24-17-5-6-18-16(12-22(28)30-21(18)13-17)14-26-7-9-27(10-8-26)23(29)20-11-15-3-1-2-4-19(15)25-20/h1-6,11-13,25H,7-10,14H2. The van der Waals surface area contributed by atoms with Crippen molar-refractivity contribution in [1.29, 1.82) is 0 Å². The number of para-hydroxylation sites is 1.